The summed E-state index contributed by atoms with van der Waals surface area (Å²) < 4.78 is 0. The van der Waals surface area contributed by atoms with Crippen LogP contribution in [0.25, 0.3) is 0 Å². The molecule has 0 radical (unpaired) electrons. The van der Waals surface area contributed by atoms with Crippen molar-refractivity contribution >= 4 is 11.7 Å². The summed E-state index contributed by atoms with van der Waals surface area (Å²) in [6, 6.07) is 7.78. The molecule has 0 atom stereocenters. The molecule has 1 aromatic carbocycles. The molecule has 1 aliphatic carbocycles. The third-order valence-electron chi connectivity index (χ3n) is 2.59. The van der Waals surface area contributed by atoms with E-state index in [0.717, 1.165) is 18.5 Å². The Kier molecular flexibility index (Phi) is 1.95. The van der Waals surface area contributed by atoms with E-state index in [4.69, 9.17) is 5.11 Å². The fourth-order valence-electron chi connectivity index (χ4n) is 1.43. The van der Waals surface area contributed by atoms with Crippen LogP contribution in [-0.4, -0.2) is 16.6 Å². The lowest BCUT2D eigenvalue weighted by Crippen LogP contribution is -2.31. The van der Waals surface area contributed by atoms with Gasteiger partial charge in [-0.2, -0.15) is 0 Å². The van der Waals surface area contributed by atoms with Gasteiger partial charge in [0.1, 0.15) is 5.54 Å². The van der Waals surface area contributed by atoms with Crippen LogP contribution in [0.3, 0.4) is 0 Å². The quantitative estimate of drug-likeness (QED) is 0.768. The van der Waals surface area contributed by atoms with Gasteiger partial charge in [0.2, 0.25) is 0 Å². The Morgan fingerprint density at radius 1 is 1.36 bits per heavy atom. The first kappa shape index (κ1) is 9.06. The Morgan fingerprint density at radius 2 is 1.93 bits per heavy atom. The second kappa shape index (κ2) is 3.01. The van der Waals surface area contributed by atoms with Crippen LogP contribution in [0.1, 0.15) is 18.4 Å². The average Bonchev–Trinajstić information content (AvgIpc) is 2.90. The molecule has 2 rings (SSSR count). The van der Waals surface area contributed by atoms with Crippen molar-refractivity contribution in [2.24, 2.45) is 0 Å². The molecule has 0 spiro atoms. The Morgan fingerprint density at radius 3 is 2.36 bits per heavy atom. The van der Waals surface area contributed by atoms with E-state index in [0.29, 0.717) is 0 Å². The molecular weight excluding hydrogens is 178 g/mol. The van der Waals surface area contributed by atoms with Gasteiger partial charge in [-0.25, -0.2) is 4.79 Å². The summed E-state index contributed by atoms with van der Waals surface area (Å²) in [5.41, 5.74) is 1.38. The van der Waals surface area contributed by atoms with Crippen molar-refractivity contribution in [3.05, 3.63) is 29.8 Å². The predicted molar refractivity (Wildman–Crippen MR) is 54.4 cm³/mol. The number of aliphatic carboxylic acids is 1. The molecule has 1 saturated carbocycles. The molecular formula is C11H13NO2. The first-order valence-electron chi connectivity index (χ1n) is 4.71. The summed E-state index contributed by atoms with van der Waals surface area (Å²) in [7, 11) is 0. The largest absolute Gasteiger partial charge is 0.480 e. The van der Waals surface area contributed by atoms with Crippen LogP contribution >= 0.6 is 0 Å². The molecule has 1 aliphatic rings. The highest BCUT2D eigenvalue weighted by atomic mass is 16.4. The first-order chi connectivity index (χ1) is 6.62. The summed E-state index contributed by atoms with van der Waals surface area (Å²) in [5, 5.41) is 12.0. The van der Waals surface area contributed by atoms with Gasteiger partial charge in [0.15, 0.2) is 0 Å². The number of benzene rings is 1. The number of carboxylic acids is 1. The second-order valence-electron chi connectivity index (χ2n) is 3.88. The average molecular weight is 191 g/mol. The van der Waals surface area contributed by atoms with Gasteiger partial charge >= 0.3 is 5.97 Å². The minimum Gasteiger partial charge on any atom is -0.480 e. The fourth-order valence-corrected chi connectivity index (χ4v) is 1.43. The molecule has 0 aliphatic heterocycles. The van der Waals surface area contributed by atoms with Crippen molar-refractivity contribution in [3.63, 3.8) is 0 Å². The number of carbonyl (C=O) groups is 1. The van der Waals surface area contributed by atoms with Gasteiger partial charge in [-0.15, -0.1) is 0 Å². The van der Waals surface area contributed by atoms with Gasteiger partial charge < -0.3 is 10.4 Å². The van der Waals surface area contributed by atoms with Gasteiger partial charge in [0.25, 0.3) is 0 Å². The Hall–Kier alpha value is -1.51. The molecule has 0 aromatic heterocycles. The van der Waals surface area contributed by atoms with Crippen LogP contribution in [-0.2, 0) is 4.79 Å². The van der Waals surface area contributed by atoms with Crippen molar-refractivity contribution < 1.29 is 9.90 Å². The van der Waals surface area contributed by atoms with E-state index >= 15 is 0 Å². The Balaban J connectivity index is 2.11. The van der Waals surface area contributed by atoms with E-state index in [1.807, 2.05) is 31.2 Å². The van der Waals surface area contributed by atoms with Crippen LogP contribution in [0.15, 0.2) is 24.3 Å². The maximum absolute atomic E-state index is 10.9. The predicted octanol–water partition coefficient (Wildman–Crippen LogP) is 2.02. The third-order valence-corrected chi connectivity index (χ3v) is 2.59. The van der Waals surface area contributed by atoms with Gasteiger partial charge in [0.05, 0.1) is 0 Å². The lowest BCUT2D eigenvalue weighted by Gasteiger charge is -2.13. The summed E-state index contributed by atoms with van der Waals surface area (Å²) in [6.07, 6.45) is 1.44. The lowest BCUT2D eigenvalue weighted by atomic mass is 10.2. The molecule has 0 amide bonds. The van der Waals surface area contributed by atoms with E-state index in [1.165, 1.54) is 5.56 Å². The molecule has 0 heterocycles. The maximum Gasteiger partial charge on any atom is 0.329 e. The van der Waals surface area contributed by atoms with E-state index in [1.54, 1.807) is 0 Å². The number of nitrogens with one attached hydrogen (secondary N) is 1. The van der Waals surface area contributed by atoms with Crippen LogP contribution in [0.2, 0.25) is 0 Å². The molecule has 0 unspecified atom stereocenters. The van der Waals surface area contributed by atoms with E-state index in [-0.39, 0.29) is 0 Å². The SMILES string of the molecule is Cc1ccc(NC2(C(=O)O)CC2)cc1. The van der Waals surface area contributed by atoms with Gasteiger partial charge in [-0.05, 0) is 31.9 Å². The minimum absolute atomic E-state index is 0.685. The highest BCUT2D eigenvalue weighted by molar-refractivity contribution is 5.86. The monoisotopic (exact) mass is 191 g/mol. The summed E-state index contributed by atoms with van der Waals surface area (Å²) in [4.78, 5) is 10.9. The van der Waals surface area contributed by atoms with Crippen LogP contribution < -0.4 is 5.32 Å². The number of anilines is 1. The van der Waals surface area contributed by atoms with Crippen LogP contribution in [0.4, 0.5) is 5.69 Å². The highest BCUT2D eigenvalue weighted by Gasteiger charge is 2.50. The number of aryl methyl sites for hydroxylation is 1. The Bertz CT molecular complexity index is 352. The first-order valence-corrected chi connectivity index (χ1v) is 4.71. The minimum atomic E-state index is -0.752. The topological polar surface area (TPSA) is 49.3 Å². The van der Waals surface area contributed by atoms with Crippen molar-refractivity contribution in [2.45, 2.75) is 25.3 Å². The highest BCUT2D eigenvalue weighted by Crippen LogP contribution is 2.39. The van der Waals surface area contributed by atoms with Crippen molar-refractivity contribution in [1.82, 2.24) is 0 Å². The number of hydrogen-bond acceptors (Lipinski definition) is 2. The summed E-state index contributed by atoms with van der Waals surface area (Å²) in [5.74, 6) is -0.752. The molecule has 2 N–H and O–H groups in total. The zero-order chi connectivity index (χ0) is 10.2. The molecule has 0 saturated heterocycles. The molecule has 1 aromatic rings. The number of rotatable bonds is 3. The van der Waals surface area contributed by atoms with E-state index < -0.39 is 11.5 Å². The molecule has 3 heteroatoms. The van der Waals surface area contributed by atoms with E-state index in [2.05, 4.69) is 5.32 Å². The van der Waals surface area contributed by atoms with Gasteiger partial charge in [-0.3, -0.25) is 0 Å². The van der Waals surface area contributed by atoms with Crippen molar-refractivity contribution in [1.29, 1.82) is 0 Å². The zero-order valence-electron chi connectivity index (χ0n) is 8.08. The smallest absolute Gasteiger partial charge is 0.329 e. The lowest BCUT2D eigenvalue weighted by molar-refractivity contribution is -0.138. The second-order valence-corrected chi connectivity index (χ2v) is 3.88. The Labute approximate surface area is 82.8 Å². The zero-order valence-corrected chi connectivity index (χ0v) is 8.08. The fraction of sp³-hybridized carbons (Fsp3) is 0.364. The van der Waals surface area contributed by atoms with E-state index in [9.17, 15) is 4.79 Å². The third kappa shape index (κ3) is 1.58. The van der Waals surface area contributed by atoms with Gasteiger partial charge in [0, 0.05) is 5.69 Å². The van der Waals surface area contributed by atoms with Crippen molar-refractivity contribution in [2.75, 3.05) is 5.32 Å². The number of carboxylic acid groups (broad SMARTS) is 1. The summed E-state index contributed by atoms with van der Waals surface area (Å²) >= 11 is 0. The standard InChI is InChI=1S/C11H13NO2/c1-8-2-4-9(5-3-8)12-11(6-7-11)10(13)14/h2-5,12H,6-7H2,1H3,(H,13,14). The maximum atomic E-state index is 10.9. The van der Waals surface area contributed by atoms with Crippen LogP contribution in [0, 0.1) is 6.92 Å². The molecule has 1 fully saturated rings. The molecule has 74 valence electrons. The van der Waals surface area contributed by atoms with Crippen LogP contribution in [0.5, 0.6) is 0 Å². The molecule has 3 nitrogen and oxygen atoms in total. The summed E-state index contributed by atoms with van der Waals surface area (Å²) in [6.45, 7) is 2.01. The molecule has 14 heavy (non-hydrogen) atoms. The van der Waals surface area contributed by atoms with Crippen molar-refractivity contribution in [3.8, 4) is 0 Å². The van der Waals surface area contributed by atoms with Gasteiger partial charge in [-0.1, -0.05) is 17.7 Å². The normalized spacial score (nSPS) is 17.5. The number of hydrogen-bond donors (Lipinski definition) is 2. The molecule has 0 bridgehead atoms.